The quantitative estimate of drug-likeness (QED) is 0.498. The Kier molecular flexibility index (Phi) is 9.64. The molecule has 160 valence electrons. The largest absolute Gasteiger partial charge is 0.467 e. The third-order valence-electron chi connectivity index (χ3n) is 4.30. The molecule has 3 N–H and O–H groups in total. The number of likely N-dealkylation sites (N-methyl/N-ethyl adjacent to an activating group) is 1. The Morgan fingerprint density at radius 1 is 1.14 bits per heavy atom. The molecule has 1 aromatic rings. The summed E-state index contributed by atoms with van der Waals surface area (Å²) in [5, 5.41) is 13.1. The second-order valence-corrected chi connectivity index (χ2v) is 7.09. The number of hydrogen-bond donors (Lipinski definition) is 3. The fourth-order valence-electron chi connectivity index (χ4n) is 2.85. The Hall–Kier alpha value is -3.10. The zero-order valence-electron chi connectivity index (χ0n) is 17.2. The fourth-order valence-corrected chi connectivity index (χ4v) is 2.85. The Morgan fingerprint density at radius 3 is 2.28 bits per heavy atom. The van der Waals surface area contributed by atoms with E-state index in [1.165, 1.54) is 19.1 Å². The molecule has 0 saturated heterocycles. The maximum Gasteiger partial charge on any atom is 0.405 e. The lowest BCUT2D eigenvalue weighted by Crippen LogP contribution is -2.54. The smallest absolute Gasteiger partial charge is 0.405 e. The summed E-state index contributed by atoms with van der Waals surface area (Å²) < 4.78 is 4.87. The van der Waals surface area contributed by atoms with Crippen LogP contribution >= 0.6 is 0 Å². The van der Waals surface area contributed by atoms with Crippen LogP contribution in [-0.4, -0.2) is 66.7 Å². The van der Waals surface area contributed by atoms with Crippen LogP contribution in [0.1, 0.15) is 25.8 Å². The van der Waals surface area contributed by atoms with Gasteiger partial charge in [-0.3, -0.25) is 9.59 Å². The van der Waals surface area contributed by atoms with Gasteiger partial charge in [0.2, 0.25) is 11.8 Å². The van der Waals surface area contributed by atoms with Gasteiger partial charge < -0.3 is 25.4 Å². The topological polar surface area (TPSA) is 125 Å². The van der Waals surface area contributed by atoms with Gasteiger partial charge in [-0.2, -0.15) is 0 Å². The molecule has 1 aromatic carbocycles. The van der Waals surface area contributed by atoms with Gasteiger partial charge in [0.1, 0.15) is 18.6 Å². The molecule has 0 aromatic heterocycles. The number of amides is 3. The normalized spacial score (nSPS) is 12.6. The standard InChI is InChI=1S/C20H29N3O6/c1-13(2)10-15(22-17(24)12-21-20(27)28)18(25)23(3)16(19(26)29-4)11-14-8-6-5-7-9-14/h5-9,13,15-16,21H,10-12H2,1-4H3,(H,22,24)(H,27,28). The van der Waals surface area contributed by atoms with Crippen LogP contribution in [0.4, 0.5) is 4.79 Å². The molecule has 0 bridgehead atoms. The first-order valence-electron chi connectivity index (χ1n) is 9.30. The van der Waals surface area contributed by atoms with E-state index in [4.69, 9.17) is 9.84 Å². The van der Waals surface area contributed by atoms with E-state index >= 15 is 0 Å². The summed E-state index contributed by atoms with van der Waals surface area (Å²) in [6.45, 7) is 3.32. The number of nitrogens with zero attached hydrogens (tertiary/aromatic N) is 1. The van der Waals surface area contributed by atoms with Crippen molar-refractivity contribution in [1.29, 1.82) is 0 Å². The first-order valence-corrected chi connectivity index (χ1v) is 9.30. The minimum atomic E-state index is -1.34. The van der Waals surface area contributed by atoms with Crippen molar-refractivity contribution in [3.05, 3.63) is 35.9 Å². The lowest BCUT2D eigenvalue weighted by Gasteiger charge is -2.30. The van der Waals surface area contributed by atoms with Crippen molar-refractivity contribution >= 4 is 23.9 Å². The average Bonchev–Trinajstić information content (AvgIpc) is 2.68. The number of esters is 1. The second-order valence-electron chi connectivity index (χ2n) is 7.09. The van der Waals surface area contributed by atoms with E-state index in [1.807, 2.05) is 49.5 Å². The van der Waals surface area contributed by atoms with Crippen molar-refractivity contribution < 1.29 is 29.0 Å². The lowest BCUT2D eigenvalue weighted by molar-refractivity contribution is -0.152. The SMILES string of the molecule is COC(=O)C(Cc1ccccc1)N(C)C(=O)C(CC(C)C)NC(=O)CNC(=O)O. The highest BCUT2D eigenvalue weighted by Crippen LogP contribution is 2.14. The molecule has 0 radical (unpaired) electrons. The van der Waals surface area contributed by atoms with Gasteiger partial charge in [0, 0.05) is 13.5 Å². The number of carbonyl (C=O) groups excluding carboxylic acids is 3. The molecule has 0 spiro atoms. The highest BCUT2D eigenvalue weighted by Gasteiger charge is 2.33. The van der Waals surface area contributed by atoms with E-state index in [2.05, 4.69) is 5.32 Å². The number of methoxy groups -OCH3 is 1. The molecular formula is C20H29N3O6. The van der Waals surface area contributed by atoms with Gasteiger partial charge in [-0.05, 0) is 17.9 Å². The molecule has 0 saturated carbocycles. The molecule has 9 nitrogen and oxygen atoms in total. The van der Waals surface area contributed by atoms with Crippen molar-refractivity contribution in [2.75, 3.05) is 20.7 Å². The lowest BCUT2D eigenvalue weighted by atomic mass is 10.00. The van der Waals surface area contributed by atoms with Crippen LogP contribution in [0.2, 0.25) is 0 Å². The van der Waals surface area contributed by atoms with Crippen molar-refractivity contribution in [3.63, 3.8) is 0 Å². The summed E-state index contributed by atoms with van der Waals surface area (Å²) >= 11 is 0. The summed E-state index contributed by atoms with van der Waals surface area (Å²) in [7, 11) is 2.74. The summed E-state index contributed by atoms with van der Waals surface area (Å²) in [6.07, 6.45) is -0.738. The Balaban J connectivity index is 2.98. The number of hydrogen-bond acceptors (Lipinski definition) is 5. The van der Waals surface area contributed by atoms with Gasteiger partial charge in [0.05, 0.1) is 7.11 Å². The number of rotatable bonds is 10. The average molecular weight is 407 g/mol. The zero-order chi connectivity index (χ0) is 22.0. The number of carbonyl (C=O) groups is 4. The van der Waals surface area contributed by atoms with Crippen LogP contribution in [0, 0.1) is 5.92 Å². The maximum atomic E-state index is 13.1. The molecule has 0 heterocycles. The highest BCUT2D eigenvalue weighted by molar-refractivity contribution is 5.91. The number of carboxylic acid groups (broad SMARTS) is 1. The van der Waals surface area contributed by atoms with Crippen LogP contribution in [0.3, 0.4) is 0 Å². The number of ether oxygens (including phenoxy) is 1. The van der Waals surface area contributed by atoms with Gasteiger partial charge in [-0.25, -0.2) is 9.59 Å². The van der Waals surface area contributed by atoms with E-state index in [9.17, 15) is 19.2 Å². The third kappa shape index (κ3) is 8.20. The molecule has 1 rings (SSSR count). The van der Waals surface area contributed by atoms with Crippen LogP contribution in [0.5, 0.6) is 0 Å². The summed E-state index contributed by atoms with van der Waals surface area (Å²) in [4.78, 5) is 49.3. The van der Waals surface area contributed by atoms with Crippen molar-refractivity contribution in [2.24, 2.45) is 5.92 Å². The van der Waals surface area contributed by atoms with E-state index in [0.29, 0.717) is 6.42 Å². The molecule has 0 aliphatic rings. The number of benzene rings is 1. The van der Waals surface area contributed by atoms with Crippen molar-refractivity contribution in [2.45, 2.75) is 38.8 Å². The second kappa shape index (κ2) is 11.7. The van der Waals surface area contributed by atoms with E-state index < -0.39 is 42.5 Å². The Labute approximate surface area is 170 Å². The predicted octanol–water partition coefficient (Wildman–Crippen LogP) is 1.03. The monoisotopic (exact) mass is 407 g/mol. The number of nitrogens with one attached hydrogen (secondary N) is 2. The molecule has 0 aliphatic carbocycles. The van der Waals surface area contributed by atoms with Gasteiger partial charge in [-0.1, -0.05) is 44.2 Å². The Morgan fingerprint density at radius 2 is 1.76 bits per heavy atom. The van der Waals surface area contributed by atoms with Crippen molar-refractivity contribution in [3.8, 4) is 0 Å². The minimum absolute atomic E-state index is 0.0794. The molecular weight excluding hydrogens is 378 g/mol. The van der Waals surface area contributed by atoms with E-state index in [1.54, 1.807) is 0 Å². The molecule has 0 aliphatic heterocycles. The molecule has 9 heteroatoms. The first kappa shape index (κ1) is 23.9. The molecule has 2 atom stereocenters. The molecule has 29 heavy (non-hydrogen) atoms. The summed E-state index contributed by atoms with van der Waals surface area (Å²) in [5.41, 5.74) is 0.859. The molecule has 0 fully saturated rings. The van der Waals surface area contributed by atoms with Crippen LogP contribution < -0.4 is 10.6 Å². The Bertz CT molecular complexity index is 707. The van der Waals surface area contributed by atoms with Gasteiger partial charge in [0.25, 0.3) is 0 Å². The van der Waals surface area contributed by atoms with Crippen LogP contribution in [-0.2, 0) is 25.5 Å². The molecule has 3 amide bonds. The van der Waals surface area contributed by atoms with Crippen LogP contribution in [0.25, 0.3) is 0 Å². The highest BCUT2D eigenvalue weighted by atomic mass is 16.5. The molecule has 2 unspecified atom stereocenters. The zero-order valence-corrected chi connectivity index (χ0v) is 17.2. The van der Waals surface area contributed by atoms with E-state index in [0.717, 1.165) is 5.56 Å². The van der Waals surface area contributed by atoms with Gasteiger partial charge in [0.15, 0.2) is 0 Å². The third-order valence-corrected chi connectivity index (χ3v) is 4.30. The van der Waals surface area contributed by atoms with Crippen LogP contribution in [0.15, 0.2) is 30.3 Å². The van der Waals surface area contributed by atoms with Gasteiger partial charge in [-0.15, -0.1) is 0 Å². The summed E-state index contributed by atoms with van der Waals surface area (Å²) in [6, 6.07) is 7.46. The minimum Gasteiger partial charge on any atom is -0.467 e. The summed E-state index contributed by atoms with van der Waals surface area (Å²) in [5.74, 6) is -1.56. The van der Waals surface area contributed by atoms with Crippen molar-refractivity contribution in [1.82, 2.24) is 15.5 Å². The predicted molar refractivity (Wildman–Crippen MR) is 106 cm³/mol. The van der Waals surface area contributed by atoms with E-state index in [-0.39, 0.29) is 12.3 Å². The van der Waals surface area contributed by atoms with Gasteiger partial charge >= 0.3 is 12.1 Å². The fraction of sp³-hybridized carbons (Fsp3) is 0.500. The first-order chi connectivity index (χ1) is 13.6. The maximum absolute atomic E-state index is 13.1.